The topological polar surface area (TPSA) is 61.8 Å². The molecule has 1 unspecified atom stereocenters. The van der Waals surface area contributed by atoms with Gasteiger partial charge in [-0.25, -0.2) is 4.98 Å². The summed E-state index contributed by atoms with van der Waals surface area (Å²) in [4.78, 5) is 11.0. The number of hydrogen-bond donors (Lipinski definition) is 2. The van der Waals surface area contributed by atoms with Crippen LogP contribution in [0.15, 0.2) is 34.6 Å². The van der Waals surface area contributed by atoms with Gasteiger partial charge >= 0.3 is 6.61 Å². The standard InChI is InChI=1S/C21H29F2N5OS/c1-14(2)19-26-16(13-30-19)8-10-25-21(24-3)27-15-9-11-28(12-15)17-6-4-5-7-18(17)29-20(22)23/h4-7,13-15,20H,8-12H2,1-3H3,(H2,24,25,27). The zero-order chi connectivity index (χ0) is 21.5. The number of rotatable bonds is 8. The Balaban J connectivity index is 1.49. The van der Waals surface area contributed by atoms with Gasteiger partial charge in [-0.2, -0.15) is 8.78 Å². The van der Waals surface area contributed by atoms with Gasteiger partial charge in [0.05, 0.1) is 16.4 Å². The highest BCUT2D eigenvalue weighted by atomic mass is 32.1. The summed E-state index contributed by atoms with van der Waals surface area (Å²) >= 11 is 1.70. The minimum atomic E-state index is -2.83. The fourth-order valence-electron chi connectivity index (χ4n) is 3.41. The van der Waals surface area contributed by atoms with E-state index < -0.39 is 6.61 Å². The lowest BCUT2D eigenvalue weighted by molar-refractivity contribution is -0.0495. The van der Waals surface area contributed by atoms with E-state index in [1.807, 2.05) is 12.1 Å². The molecular formula is C21H29F2N5OS. The van der Waals surface area contributed by atoms with Crippen molar-refractivity contribution in [3.05, 3.63) is 40.3 Å². The van der Waals surface area contributed by atoms with Crippen LogP contribution in [0.25, 0.3) is 0 Å². The first-order valence-electron chi connectivity index (χ1n) is 10.2. The Morgan fingerprint density at radius 2 is 2.17 bits per heavy atom. The number of nitrogens with one attached hydrogen (secondary N) is 2. The van der Waals surface area contributed by atoms with E-state index in [1.165, 1.54) is 0 Å². The maximum Gasteiger partial charge on any atom is 0.387 e. The first-order chi connectivity index (χ1) is 14.5. The lowest BCUT2D eigenvalue weighted by Crippen LogP contribution is -2.45. The van der Waals surface area contributed by atoms with Crippen LogP contribution in [0.2, 0.25) is 0 Å². The van der Waals surface area contributed by atoms with Crippen molar-refractivity contribution in [2.24, 2.45) is 4.99 Å². The Kier molecular flexibility index (Phi) is 7.84. The van der Waals surface area contributed by atoms with Gasteiger partial charge in [0, 0.05) is 50.4 Å². The molecule has 0 bridgehead atoms. The average Bonchev–Trinajstić information content (AvgIpc) is 3.37. The third kappa shape index (κ3) is 6.04. The molecule has 1 atom stereocenters. The summed E-state index contributed by atoms with van der Waals surface area (Å²) in [6, 6.07) is 7.09. The summed E-state index contributed by atoms with van der Waals surface area (Å²) in [5.74, 6) is 1.39. The Morgan fingerprint density at radius 1 is 1.37 bits per heavy atom. The van der Waals surface area contributed by atoms with Gasteiger partial charge in [-0.3, -0.25) is 4.99 Å². The number of nitrogens with zero attached hydrogens (tertiary/aromatic N) is 3. The molecule has 0 spiro atoms. The molecule has 2 aromatic rings. The van der Waals surface area contributed by atoms with Gasteiger partial charge in [0.15, 0.2) is 5.96 Å². The molecule has 0 amide bonds. The first-order valence-corrected chi connectivity index (χ1v) is 11.0. The summed E-state index contributed by atoms with van der Waals surface area (Å²) in [5, 5.41) is 10.0. The molecule has 1 fully saturated rings. The van der Waals surface area contributed by atoms with Gasteiger partial charge < -0.3 is 20.3 Å². The van der Waals surface area contributed by atoms with Crippen LogP contribution >= 0.6 is 11.3 Å². The smallest absolute Gasteiger partial charge is 0.387 e. The molecule has 1 aliphatic heterocycles. The normalized spacial score (nSPS) is 17.1. The second kappa shape index (κ2) is 10.6. The van der Waals surface area contributed by atoms with Gasteiger partial charge in [-0.15, -0.1) is 11.3 Å². The molecule has 6 nitrogen and oxygen atoms in total. The molecule has 2 heterocycles. The van der Waals surface area contributed by atoms with E-state index in [4.69, 9.17) is 0 Å². The lowest BCUT2D eigenvalue weighted by atomic mass is 10.2. The first kappa shape index (κ1) is 22.3. The summed E-state index contributed by atoms with van der Waals surface area (Å²) in [6.45, 7) is 3.65. The molecule has 0 aliphatic carbocycles. The fraction of sp³-hybridized carbons (Fsp3) is 0.524. The van der Waals surface area contributed by atoms with Crippen molar-refractivity contribution in [2.75, 3.05) is 31.6 Å². The third-order valence-electron chi connectivity index (χ3n) is 4.91. The zero-order valence-corrected chi connectivity index (χ0v) is 18.4. The summed E-state index contributed by atoms with van der Waals surface area (Å²) in [7, 11) is 1.74. The second-order valence-corrected chi connectivity index (χ2v) is 8.39. The van der Waals surface area contributed by atoms with Crippen molar-refractivity contribution in [2.45, 2.75) is 45.3 Å². The third-order valence-corrected chi connectivity index (χ3v) is 6.11. The number of ether oxygens (including phenoxy) is 1. The maximum atomic E-state index is 12.7. The van der Waals surface area contributed by atoms with Crippen LogP contribution in [0.1, 0.15) is 36.9 Å². The number of para-hydroxylation sites is 2. The van der Waals surface area contributed by atoms with Crippen LogP contribution in [0, 0.1) is 0 Å². The van der Waals surface area contributed by atoms with Crippen LogP contribution in [0.3, 0.4) is 0 Å². The molecule has 30 heavy (non-hydrogen) atoms. The Hall–Kier alpha value is -2.42. The van der Waals surface area contributed by atoms with Crippen LogP contribution in [-0.4, -0.2) is 50.3 Å². The van der Waals surface area contributed by atoms with Crippen molar-refractivity contribution >= 4 is 23.0 Å². The highest BCUT2D eigenvalue weighted by Crippen LogP contribution is 2.31. The van der Waals surface area contributed by atoms with E-state index in [0.717, 1.165) is 42.6 Å². The quantitative estimate of drug-likeness (QED) is 0.485. The highest BCUT2D eigenvalue weighted by Gasteiger charge is 2.26. The number of thiazole rings is 1. The predicted molar refractivity (Wildman–Crippen MR) is 118 cm³/mol. The number of hydrogen-bond acceptors (Lipinski definition) is 5. The molecule has 1 aromatic carbocycles. The molecule has 9 heteroatoms. The van der Waals surface area contributed by atoms with E-state index in [-0.39, 0.29) is 11.8 Å². The van der Waals surface area contributed by atoms with Crippen molar-refractivity contribution in [3.8, 4) is 5.75 Å². The molecule has 0 radical (unpaired) electrons. The Morgan fingerprint density at radius 3 is 2.87 bits per heavy atom. The Bertz CT molecular complexity index is 842. The van der Waals surface area contributed by atoms with Gasteiger partial charge in [-0.1, -0.05) is 26.0 Å². The minimum absolute atomic E-state index is 0.169. The van der Waals surface area contributed by atoms with Gasteiger partial charge in [-0.05, 0) is 18.6 Å². The van der Waals surface area contributed by atoms with Gasteiger partial charge in [0.25, 0.3) is 0 Å². The lowest BCUT2D eigenvalue weighted by Gasteiger charge is -2.22. The fourth-order valence-corrected chi connectivity index (χ4v) is 4.28. The van der Waals surface area contributed by atoms with Crippen LogP contribution in [-0.2, 0) is 6.42 Å². The van der Waals surface area contributed by atoms with Crippen molar-refractivity contribution in [1.82, 2.24) is 15.6 Å². The molecule has 0 saturated carbocycles. The van der Waals surface area contributed by atoms with Crippen molar-refractivity contribution in [1.29, 1.82) is 0 Å². The molecule has 2 N–H and O–H groups in total. The molecule has 164 valence electrons. The van der Waals surface area contributed by atoms with Gasteiger partial charge in [0.2, 0.25) is 0 Å². The largest absolute Gasteiger partial charge is 0.433 e. The number of alkyl halides is 2. The molecule has 1 aliphatic rings. The molecule has 1 saturated heterocycles. The number of guanidine groups is 1. The average molecular weight is 438 g/mol. The number of anilines is 1. The summed E-state index contributed by atoms with van der Waals surface area (Å²) in [5.41, 5.74) is 1.78. The maximum absolute atomic E-state index is 12.7. The number of aromatic nitrogens is 1. The Labute approximate surface area is 180 Å². The van der Waals surface area contributed by atoms with Crippen molar-refractivity contribution in [3.63, 3.8) is 0 Å². The monoisotopic (exact) mass is 437 g/mol. The highest BCUT2D eigenvalue weighted by molar-refractivity contribution is 7.09. The van der Waals surface area contributed by atoms with Crippen LogP contribution < -0.4 is 20.3 Å². The van der Waals surface area contributed by atoms with E-state index in [0.29, 0.717) is 18.2 Å². The zero-order valence-electron chi connectivity index (χ0n) is 17.6. The molecular weight excluding hydrogens is 408 g/mol. The number of benzene rings is 1. The summed E-state index contributed by atoms with van der Waals surface area (Å²) < 4.78 is 30.0. The number of aliphatic imine (C=N–C) groups is 1. The molecule has 1 aromatic heterocycles. The molecule has 3 rings (SSSR count). The SMILES string of the molecule is CN=C(NCCc1csc(C(C)C)n1)NC1CCN(c2ccccc2OC(F)F)C1. The van der Waals surface area contributed by atoms with E-state index in [9.17, 15) is 8.78 Å². The second-order valence-electron chi connectivity index (χ2n) is 7.50. The van der Waals surface area contributed by atoms with E-state index in [2.05, 4.69) is 49.5 Å². The van der Waals surface area contributed by atoms with E-state index >= 15 is 0 Å². The van der Waals surface area contributed by atoms with Crippen LogP contribution in [0.5, 0.6) is 5.75 Å². The minimum Gasteiger partial charge on any atom is -0.433 e. The predicted octanol–water partition coefficient (Wildman–Crippen LogP) is 3.85. The summed E-state index contributed by atoms with van der Waals surface area (Å²) in [6.07, 6.45) is 1.71. The number of halogens is 2. The van der Waals surface area contributed by atoms with Crippen LogP contribution in [0.4, 0.5) is 14.5 Å². The van der Waals surface area contributed by atoms with Crippen molar-refractivity contribution < 1.29 is 13.5 Å². The van der Waals surface area contributed by atoms with Gasteiger partial charge in [0.1, 0.15) is 5.75 Å². The van der Waals surface area contributed by atoms with E-state index in [1.54, 1.807) is 30.5 Å².